The second kappa shape index (κ2) is 6.34. The number of sulfone groups is 1. The molecule has 1 aromatic rings. The van der Waals surface area contributed by atoms with Crippen LogP contribution in [0.1, 0.15) is 35.8 Å². The molecule has 0 aliphatic heterocycles. The molecule has 0 radical (unpaired) electrons. The second-order valence-electron chi connectivity index (χ2n) is 4.64. The third-order valence-corrected chi connectivity index (χ3v) is 3.57. The zero-order valence-electron chi connectivity index (χ0n) is 11.1. The molecule has 7 heteroatoms. The fourth-order valence-electron chi connectivity index (χ4n) is 1.40. The Morgan fingerprint density at radius 2 is 2.05 bits per heavy atom. The summed E-state index contributed by atoms with van der Waals surface area (Å²) in [6.45, 7) is 3.97. The topological polar surface area (TPSA) is 76.1 Å². The molecule has 0 atom stereocenters. The normalized spacial score (nSPS) is 11.6. The molecule has 0 saturated carbocycles. The van der Waals surface area contributed by atoms with E-state index in [9.17, 15) is 13.2 Å². The standard InChI is InChI=1S/C12H17ClN2O3S/c1-8(2)10-6-9(7-11(13)15-10)12(16)14-4-5-19(3,17)18/h6-8H,4-5H2,1-3H3,(H,14,16). The Labute approximate surface area is 118 Å². The lowest BCUT2D eigenvalue weighted by molar-refractivity contribution is 0.0956. The van der Waals surface area contributed by atoms with Crippen molar-refractivity contribution in [2.75, 3.05) is 18.6 Å². The molecule has 0 aromatic carbocycles. The lowest BCUT2D eigenvalue weighted by Gasteiger charge is -2.09. The number of hydrogen-bond acceptors (Lipinski definition) is 4. The van der Waals surface area contributed by atoms with E-state index in [1.165, 1.54) is 6.07 Å². The van der Waals surface area contributed by atoms with Crippen LogP contribution in [0.2, 0.25) is 5.15 Å². The number of nitrogens with zero attached hydrogens (tertiary/aromatic N) is 1. The highest BCUT2D eigenvalue weighted by Crippen LogP contribution is 2.17. The first-order valence-electron chi connectivity index (χ1n) is 5.82. The van der Waals surface area contributed by atoms with E-state index in [4.69, 9.17) is 11.6 Å². The van der Waals surface area contributed by atoms with E-state index in [1.54, 1.807) is 6.07 Å². The van der Waals surface area contributed by atoms with Crippen LogP contribution in [0.3, 0.4) is 0 Å². The van der Waals surface area contributed by atoms with Crippen LogP contribution in [0.5, 0.6) is 0 Å². The van der Waals surface area contributed by atoms with Gasteiger partial charge in [0.1, 0.15) is 15.0 Å². The highest BCUT2D eigenvalue weighted by molar-refractivity contribution is 7.90. The Balaban J connectivity index is 2.77. The number of carbonyl (C=O) groups excluding carboxylic acids is 1. The number of rotatable bonds is 5. The SMILES string of the molecule is CC(C)c1cc(C(=O)NCCS(C)(=O)=O)cc(Cl)n1. The minimum Gasteiger partial charge on any atom is -0.351 e. The lowest BCUT2D eigenvalue weighted by Crippen LogP contribution is -2.29. The first kappa shape index (κ1) is 15.9. The van der Waals surface area contributed by atoms with Crippen LogP contribution in [0.25, 0.3) is 0 Å². The number of amides is 1. The number of halogens is 1. The Bertz CT molecular complexity index is 570. The molecular weight excluding hydrogens is 288 g/mol. The number of nitrogens with one attached hydrogen (secondary N) is 1. The van der Waals surface area contributed by atoms with E-state index >= 15 is 0 Å². The van der Waals surface area contributed by atoms with Crippen molar-refractivity contribution >= 4 is 27.3 Å². The molecule has 1 N–H and O–H groups in total. The number of aromatic nitrogens is 1. The van der Waals surface area contributed by atoms with Crippen molar-refractivity contribution in [3.8, 4) is 0 Å². The predicted molar refractivity (Wildman–Crippen MR) is 75.4 cm³/mol. The van der Waals surface area contributed by atoms with Gasteiger partial charge in [-0.1, -0.05) is 25.4 Å². The van der Waals surface area contributed by atoms with Crippen LogP contribution >= 0.6 is 11.6 Å². The first-order chi connectivity index (χ1) is 8.69. The average Bonchev–Trinajstić information content (AvgIpc) is 2.26. The third kappa shape index (κ3) is 5.57. The van der Waals surface area contributed by atoms with Crippen molar-refractivity contribution in [1.29, 1.82) is 0 Å². The highest BCUT2D eigenvalue weighted by Gasteiger charge is 2.11. The van der Waals surface area contributed by atoms with E-state index in [1.807, 2.05) is 13.8 Å². The molecular formula is C12H17ClN2O3S. The zero-order chi connectivity index (χ0) is 14.6. The summed E-state index contributed by atoms with van der Waals surface area (Å²) in [6, 6.07) is 3.12. The van der Waals surface area contributed by atoms with Gasteiger partial charge in [-0.2, -0.15) is 0 Å². The summed E-state index contributed by atoms with van der Waals surface area (Å²) in [5, 5.41) is 2.79. The third-order valence-electron chi connectivity index (χ3n) is 2.43. The van der Waals surface area contributed by atoms with Crippen LogP contribution in [0.4, 0.5) is 0 Å². The van der Waals surface area contributed by atoms with E-state index in [0.29, 0.717) is 5.56 Å². The maximum absolute atomic E-state index is 11.9. The molecule has 19 heavy (non-hydrogen) atoms. The number of carbonyl (C=O) groups is 1. The van der Waals surface area contributed by atoms with Crippen LogP contribution < -0.4 is 5.32 Å². The molecule has 1 aromatic heterocycles. The molecule has 0 aliphatic rings. The van der Waals surface area contributed by atoms with Gasteiger partial charge >= 0.3 is 0 Å². The highest BCUT2D eigenvalue weighted by atomic mass is 35.5. The van der Waals surface area contributed by atoms with Gasteiger partial charge in [-0.15, -0.1) is 0 Å². The van der Waals surface area contributed by atoms with Crippen LogP contribution in [0, 0.1) is 0 Å². The summed E-state index contributed by atoms with van der Waals surface area (Å²) in [5.41, 5.74) is 1.11. The van der Waals surface area contributed by atoms with Crippen LogP contribution in [0.15, 0.2) is 12.1 Å². The molecule has 0 aliphatic carbocycles. The molecule has 0 unspecified atom stereocenters. The van der Waals surface area contributed by atoms with Gasteiger partial charge in [-0.25, -0.2) is 13.4 Å². The first-order valence-corrected chi connectivity index (χ1v) is 8.26. The van der Waals surface area contributed by atoms with Gasteiger partial charge in [0, 0.05) is 24.1 Å². The summed E-state index contributed by atoms with van der Waals surface area (Å²) >= 11 is 5.86. The fraction of sp³-hybridized carbons (Fsp3) is 0.500. The summed E-state index contributed by atoms with van der Waals surface area (Å²) < 4.78 is 21.9. The Kier molecular flexibility index (Phi) is 5.31. The van der Waals surface area contributed by atoms with Crippen molar-refractivity contribution in [2.24, 2.45) is 0 Å². The monoisotopic (exact) mass is 304 g/mol. The predicted octanol–water partition coefficient (Wildman–Crippen LogP) is 1.63. The minimum absolute atomic E-state index is 0.0780. The van der Waals surface area contributed by atoms with E-state index in [-0.39, 0.29) is 29.3 Å². The van der Waals surface area contributed by atoms with E-state index in [2.05, 4.69) is 10.3 Å². The molecule has 5 nitrogen and oxygen atoms in total. The Hall–Kier alpha value is -1.14. The molecule has 1 amide bonds. The molecule has 0 fully saturated rings. The van der Waals surface area contributed by atoms with Gasteiger partial charge in [0.05, 0.1) is 5.75 Å². The van der Waals surface area contributed by atoms with Gasteiger partial charge in [0.15, 0.2) is 0 Å². The molecule has 0 spiro atoms. The Morgan fingerprint density at radius 1 is 1.42 bits per heavy atom. The molecule has 106 valence electrons. The molecule has 1 rings (SSSR count). The minimum atomic E-state index is -3.08. The molecule has 0 saturated heterocycles. The summed E-state index contributed by atoms with van der Waals surface area (Å²) in [4.78, 5) is 16.0. The van der Waals surface area contributed by atoms with Crippen molar-refractivity contribution in [3.63, 3.8) is 0 Å². The fourth-order valence-corrected chi connectivity index (χ4v) is 2.08. The molecule has 0 bridgehead atoms. The van der Waals surface area contributed by atoms with Crippen LogP contribution in [-0.4, -0.2) is 37.9 Å². The van der Waals surface area contributed by atoms with Gasteiger partial charge in [-0.3, -0.25) is 4.79 Å². The zero-order valence-corrected chi connectivity index (χ0v) is 12.7. The summed E-state index contributed by atoms with van der Waals surface area (Å²) in [6.07, 6.45) is 1.12. The van der Waals surface area contributed by atoms with E-state index in [0.717, 1.165) is 11.9 Å². The van der Waals surface area contributed by atoms with E-state index < -0.39 is 9.84 Å². The Morgan fingerprint density at radius 3 is 2.58 bits per heavy atom. The largest absolute Gasteiger partial charge is 0.351 e. The van der Waals surface area contributed by atoms with Crippen molar-refractivity contribution in [3.05, 3.63) is 28.5 Å². The maximum atomic E-state index is 11.9. The smallest absolute Gasteiger partial charge is 0.251 e. The van der Waals surface area contributed by atoms with Gasteiger partial charge in [0.2, 0.25) is 0 Å². The van der Waals surface area contributed by atoms with Crippen molar-refractivity contribution < 1.29 is 13.2 Å². The summed E-state index contributed by atoms with van der Waals surface area (Å²) in [5.74, 6) is -0.287. The van der Waals surface area contributed by atoms with Crippen molar-refractivity contribution in [2.45, 2.75) is 19.8 Å². The quantitative estimate of drug-likeness (QED) is 0.839. The van der Waals surface area contributed by atoms with Gasteiger partial charge in [0.25, 0.3) is 5.91 Å². The summed E-state index contributed by atoms with van der Waals surface area (Å²) in [7, 11) is -3.08. The van der Waals surface area contributed by atoms with Gasteiger partial charge in [-0.05, 0) is 18.1 Å². The number of hydrogen-bond donors (Lipinski definition) is 1. The van der Waals surface area contributed by atoms with Crippen molar-refractivity contribution in [1.82, 2.24) is 10.3 Å². The average molecular weight is 305 g/mol. The lowest BCUT2D eigenvalue weighted by atomic mass is 10.1. The van der Waals surface area contributed by atoms with Gasteiger partial charge < -0.3 is 5.32 Å². The maximum Gasteiger partial charge on any atom is 0.251 e. The second-order valence-corrected chi connectivity index (χ2v) is 7.29. The molecule has 1 heterocycles. The van der Waals surface area contributed by atoms with Crippen LogP contribution in [-0.2, 0) is 9.84 Å². The number of pyridine rings is 1.